The standard InChI is InChI=1S/C14H20O6/c1-9-3-4-10(7-15)14-11(9)5-6-13(2,19-20-14)18-12(14)17-8-16/h7-12H,3-6H2,1-2H3/t9?,10?,11?,12?,13-,14?/m0/s1. The zero-order valence-corrected chi connectivity index (χ0v) is 11.7. The fraction of sp³-hybridized carbons (Fsp3) is 0.857. The van der Waals surface area contributed by atoms with Gasteiger partial charge in [0.2, 0.25) is 12.1 Å². The second-order valence-electron chi connectivity index (χ2n) is 6.28. The van der Waals surface area contributed by atoms with Crippen LogP contribution >= 0.6 is 0 Å². The number of carbonyl (C=O) groups excluding carboxylic acids is 2. The molecule has 0 aromatic rings. The Kier molecular flexibility index (Phi) is 3.35. The van der Waals surface area contributed by atoms with Crippen LogP contribution in [0.4, 0.5) is 0 Å². The van der Waals surface area contributed by atoms with E-state index in [0.29, 0.717) is 25.2 Å². The van der Waals surface area contributed by atoms with Crippen molar-refractivity contribution < 1.29 is 28.8 Å². The lowest BCUT2D eigenvalue weighted by Gasteiger charge is -2.52. The monoisotopic (exact) mass is 284 g/mol. The highest BCUT2D eigenvalue weighted by molar-refractivity contribution is 5.57. The zero-order chi connectivity index (χ0) is 14.4. The molecule has 4 aliphatic rings. The summed E-state index contributed by atoms with van der Waals surface area (Å²) in [6.07, 6.45) is 3.08. The van der Waals surface area contributed by atoms with Gasteiger partial charge in [-0.2, -0.15) is 0 Å². The second-order valence-corrected chi connectivity index (χ2v) is 6.28. The molecule has 3 aliphatic heterocycles. The maximum atomic E-state index is 11.5. The molecule has 0 aromatic carbocycles. The Morgan fingerprint density at radius 1 is 1.20 bits per heavy atom. The minimum absolute atomic E-state index is 0.0701. The van der Waals surface area contributed by atoms with Crippen molar-refractivity contribution in [3.63, 3.8) is 0 Å². The van der Waals surface area contributed by atoms with Gasteiger partial charge in [0.1, 0.15) is 6.29 Å². The van der Waals surface area contributed by atoms with Crippen LogP contribution in [-0.4, -0.2) is 30.4 Å². The van der Waals surface area contributed by atoms with Crippen molar-refractivity contribution in [2.24, 2.45) is 17.8 Å². The molecule has 6 heteroatoms. The molecule has 2 bridgehead atoms. The molecule has 5 unspecified atom stereocenters. The SMILES string of the molecule is CC1CCC(C=O)C23OO[C@@](C)(CCC12)OC3OC=O. The van der Waals surface area contributed by atoms with E-state index in [1.807, 2.05) is 0 Å². The lowest BCUT2D eigenvalue weighted by Crippen LogP contribution is -2.65. The second kappa shape index (κ2) is 4.79. The predicted molar refractivity (Wildman–Crippen MR) is 66.0 cm³/mol. The molecule has 0 amide bonds. The fourth-order valence-corrected chi connectivity index (χ4v) is 3.99. The average Bonchev–Trinajstić information content (AvgIpc) is 2.65. The summed E-state index contributed by atoms with van der Waals surface area (Å²) in [5.74, 6) is -0.891. The van der Waals surface area contributed by atoms with E-state index in [0.717, 1.165) is 19.1 Å². The van der Waals surface area contributed by atoms with Crippen molar-refractivity contribution in [1.82, 2.24) is 0 Å². The summed E-state index contributed by atoms with van der Waals surface area (Å²) in [5.41, 5.74) is -1.02. The third-order valence-electron chi connectivity index (χ3n) is 5.12. The first-order valence-corrected chi connectivity index (χ1v) is 7.15. The summed E-state index contributed by atoms with van der Waals surface area (Å²) < 4.78 is 11.0. The number of ether oxygens (including phenoxy) is 2. The molecule has 1 spiro atoms. The maximum Gasteiger partial charge on any atom is 0.295 e. The summed E-state index contributed by atoms with van der Waals surface area (Å²) in [4.78, 5) is 33.5. The van der Waals surface area contributed by atoms with Gasteiger partial charge in [-0.1, -0.05) is 6.92 Å². The first-order valence-electron chi connectivity index (χ1n) is 7.15. The first kappa shape index (κ1) is 14.0. The van der Waals surface area contributed by atoms with E-state index in [2.05, 4.69) is 6.92 Å². The fourth-order valence-electron chi connectivity index (χ4n) is 3.99. The average molecular weight is 284 g/mol. The first-order chi connectivity index (χ1) is 9.55. The topological polar surface area (TPSA) is 71.1 Å². The molecule has 3 saturated heterocycles. The van der Waals surface area contributed by atoms with Crippen LogP contribution in [0.1, 0.15) is 39.5 Å². The van der Waals surface area contributed by atoms with Gasteiger partial charge in [0.25, 0.3) is 6.47 Å². The Morgan fingerprint density at radius 3 is 2.70 bits per heavy atom. The highest BCUT2D eigenvalue weighted by Crippen LogP contribution is 2.55. The van der Waals surface area contributed by atoms with Gasteiger partial charge in [0, 0.05) is 12.3 Å². The van der Waals surface area contributed by atoms with Crippen LogP contribution in [0.15, 0.2) is 0 Å². The highest BCUT2D eigenvalue weighted by Gasteiger charge is 2.66. The number of rotatable bonds is 3. The van der Waals surface area contributed by atoms with Crippen molar-refractivity contribution >= 4 is 12.8 Å². The predicted octanol–water partition coefficient (Wildman–Crippen LogP) is 1.57. The van der Waals surface area contributed by atoms with Crippen LogP contribution in [0.3, 0.4) is 0 Å². The molecule has 6 atom stereocenters. The molecule has 3 heterocycles. The summed E-state index contributed by atoms with van der Waals surface area (Å²) in [5, 5.41) is 0. The van der Waals surface area contributed by atoms with Crippen molar-refractivity contribution in [2.45, 2.75) is 57.2 Å². The van der Waals surface area contributed by atoms with Crippen molar-refractivity contribution in [3.8, 4) is 0 Å². The molecular weight excluding hydrogens is 264 g/mol. The molecule has 1 aliphatic carbocycles. The Bertz CT molecular complexity index is 412. The zero-order valence-electron chi connectivity index (χ0n) is 11.7. The van der Waals surface area contributed by atoms with E-state index in [4.69, 9.17) is 19.2 Å². The van der Waals surface area contributed by atoms with Crippen LogP contribution in [0.5, 0.6) is 0 Å². The normalized spacial score (nSPS) is 50.9. The van der Waals surface area contributed by atoms with E-state index in [9.17, 15) is 9.59 Å². The number of fused-ring (bicyclic) bond motifs is 3. The van der Waals surface area contributed by atoms with Crippen LogP contribution in [0.25, 0.3) is 0 Å². The molecule has 0 radical (unpaired) electrons. The lowest BCUT2D eigenvalue weighted by atomic mass is 9.62. The lowest BCUT2D eigenvalue weighted by molar-refractivity contribution is -0.550. The van der Waals surface area contributed by atoms with Crippen molar-refractivity contribution in [1.29, 1.82) is 0 Å². The summed E-state index contributed by atoms with van der Waals surface area (Å²) in [6, 6.07) is 0. The quantitative estimate of drug-likeness (QED) is 0.579. The van der Waals surface area contributed by atoms with E-state index in [1.165, 1.54) is 0 Å². The van der Waals surface area contributed by atoms with Gasteiger partial charge in [-0.05, 0) is 32.1 Å². The van der Waals surface area contributed by atoms with Gasteiger partial charge in [0.05, 0.1) is 5.92 Å². The van der Waals surface area contributed by atoms with Gasteiger partial charge >= 0.3 is 0 Å². The number of carbonyl (C=O) groups is 2. The van der Waals surface area contributed by atoms with Crippen LogP contribution in [0.2, 0.25) is 0 Å². The van der Waals surface area contributed by atoms with Gasteiger partial charge in [0.15, 0.2) is 5.60 Å². The maximum absolute atomic E-state index is 11.5. The molecule has 0 aromatic heterocycles. The minimum atomic E-state index is -1.02. The summed E-state index contributed by atoms with van der Waals surface area (Å²) in [7, 11) is 0. The smallest absolute Gasteiger partial charge is 0.295 e. The number of aldehydes is 1. The Morgan fingerprint density at radius 2 is 2.00 bits per heavy atom. The molecule has 4 fully saturated rings. The number of hydrogen-bond donors (Lipinski definition) is 0. The minimum Gasteiger partial charge on any atom is -0.434 e. The molecular formula is C14H20O6. The molecule has 20 heavy (non-hydrogen) atoms. The van der Waals surface area contributed by atoms with Crippen molar-refractivity contribution in [2.75, 3.05) is 0 Å². The van der Waals surface area contributed by atoms with E-state index < -0.39 is 23.6 Å². The third-order valence-corrected chi connectivity index (χ3v) is 5.12. The van der Waals surface area contributed by atoms with E-state index in [1.54, 1.807) is 6.92 Å². The van der Waals surface area contributed by atoms with Crippen LogP contribution < -0.4 is 0 Å². The molecule has 4 rings (SSSR count). The summed E-state index contributed by atoms with van der Waals surface area (Å²) >= 11 is 0. The molecule has 112 valence electrons. The Labute approximate surface area is 117 Å². The van der Waals surface area contributed by atoms with Gasteiger partial charge in [-0.3, -0.25) is 4.79 Å². The highest BCUT2D eigenvalue weighted by atomic mass is 17.3. The van der Waals surface area contributed by atoms with Gasteiger partial charge < -0.3 is 14.3 Å². The third kappa shape index (κ3) is 1.82. The Hall–Kier alpha value is -0.980. The largest absolute Gasteiger partial charge is 0.434 e. The van der Waals surface area contributed by atoms with Crippen molar-refractivity contribution in [3.05, 3.63) is 0 Å². The van der Waals surface area contributed by atoms with E-state index >= 15 is 0 Å². The van der Waals surface area contributed by atoms with Crippen LogP contribution in [0, 0.1) is 17.8 Å². The van der Waals surface area contributed by atoms with Gasteiger partial charge in [-0.15, -0.1) is 0 Å². The molecule has 6 nitrogen and oxygen atoms in total. The summed E-state index contributed by atoms with van der Waals surface area (Å²) in [6.45, 7) is 4.25. The van der Waals surface area contributed by atoms with E-state index in [-0.39, 0.29) is 5.92 Å². The number of hydrogen-bond acceptors (Lipinski definition) is 6. The Balaban J connectivity index is 2.06. The molecule has 0 N–H and O–H groups in total. The van der Waals surface area contributed by atoms with Crippen LogP contribution in [-0.2, 0) is 28.8 Å². The van der Waals surface area contributed by atoms with Gasteiger partial charge in [-0.25, -0.2) is 9.78 Å². The molecule has 1 saturated carbocycles.